The zero-order valence-corrected chi connectivity index (χ0v) is 14.4. The van der Waals surface area contributed by atoms with Crippen molar-refractivity contribution in [3.8, 4) is 0 Å². The number of nitrogens with zero attached hydrogens (tertiary/aromatic N) is 4. The second kappa shape index (κ2) is 7.19. The van der Waals surface area contributed by atoms with E-state index in [1.807, 2.05) is 28.8 Å². The molecular weight excluding hydrogens is 330 g/mol. The summed E-state index contributed by atoms with van der Waals surface area (Å²) in [7, 11) is 0. The number of halogens is 1. The largest absolute Gasteiger partial charge is 0.382 e. The van der Waals surface area contributed by atoms with E-state index in [-0.39, 0.29) is 0 Å². The lowest BCUT2D eigenvalue weighted by molar-refractivity contribution is 0.804. The van der Waals surface area contributed by atoms with Gasteiger partial charge < -0.3 is 10.3 Å². The number of anilines is 1. The van der Waals surface area contributed by atoms with Crippen LogP contribution in [0.3, 0.4) is 0 Å². The normalized spacial score (nSPS) is 11.2. The van der Waals surface area contributed by atoms with E-state index in [1.54, 1.807) is 18.1 Å². The summed E-state index contributed by atoms with van der Waals surface area (Å²) in [4.78, 5) is 13.3. The standard InChI is InChI=1S/C16H18ClN5S/c1-2-3-8-23-16-20-14(18)13-15(21-16)22(10-19-13)9-11-6-4-5-7-12(11)17/h4-7,10H,2-3,8-9H2,1H3,(H2,18,20,21). The highest BCUT2D eigenvalue weighted by Crippen LogP contribution is 2.24. The maximum absolute atomic E-state index is 6.24. The zero-order valence-electron chi connectivity index (χ0n) is 12.9. The average molecular weight is 348 g/mol. The fourth-order valence-corrected chi connectivity index (χ4v) is 3.37. The zero-order chi connectivity index (χ0) is 16.2. The molecule has 0 aliphatic rings. The minimum atomic E-state index is 0.423. The van der Waals surface area contributed by atoms with E-state index in [0.29, 0.717) is 23.0 Å². The van der Waals surface area contributed by atoms with Gasteiger partial charge in [-0.15, -0.1) is 0 Å². The van der Waals surface area contributed by atoms with Crippen molar-refractivity contribution >= 4 is 40.3 Å². The lowest BCUT2D eigenvalue weighted by atomic mass is 10.2. The Hall–Kier alpha value is -1.79. The van der Waals surface area contributed by atoms with Gasteiger partial charge in [-0.3, -0.25) is 0 Å². The summed E-state index contributed by atoms with van der Waals surface area (Å²) in [6, 6.07) is 7.76. The first-order valence-electron chi connectivity index (χ1n) is 7.53. The van der Waals surface area contributed by atoms with Gasteiger partial charge in [0.15, 0.2) is 16.6 Å². The van der Waals surface area contributed by atoms with Crippen LogP contribution in [0.25, 0.3) is 11.2 Å². The van der Waals surface area contributed by atoms with Crippen LogP contribution in [0.2, 0.25) is 5.02 Å². The van der Waals surface area contributed by atoms with Crippen molar-refractivity contribution in [3.63, 3.8) is 0 Å². The highest BCUT2D eigenvalue weighted by Gasteiger charge is 2.12. The van der Waals surface area contributed by atoms with Gasteiger partial charge in [0.1, 0.15) is 5.52 Å². The number of aromatic nitrogens is 4. The Bertz CT molecular complexity index is 817. The fourth-order valence-electron chi connectivity index (χ4n) is 2.24. The highest BCUT2D eigenvalue weighted by atomic mass is 35.5. The predicted octanol–water partition coefficient (Wildman–Crippen LogP) is 4.00. The van der Waals surface area contributed by atoms with Gasteiger partial charge in [-0.05, 0) is 18.1 Å². The SMILES string of the molecule is CCCCSc1nc(N)c2ncn(Cc3ccccc3Cl)c2n1. The molecule has 3 rings (SSSR count). The number of thioether (sulfide) groups is 1. The summed E-state index contributed by atoms with van der Waals surface area (Å²) in [5.41, 5.74) is 8.43. The Morgan fingerprint density at radius 1 is 1.26 bits per heavy atom. The van der Waals surface area contributed by atoms with E-state index in [2.05, 4.69) is 21.9 Å². The summed E-state index contributed by atoms with van der Waals surface area (Å²) in [6.45, 7) is 2.77. The quantitative estimate of drug-likeness (QED) is 0.414. The Balaban J connectivity index is 1.93. The molecule has 0 saturated heterocycles. The molecule has 3 aromatic rings. The Morgan fingerprint density at radius 3 is 2.87 bits per heavy atom. The number of hydrogen-bond acceptors (Lipinski definition) is 5. The van der Waals surface area contributed by atoms with Crippen LogP contribution in [-0.2, 0) is 6.54 Å². The Kier molecular flexibility index (Phi) is 5.03. The van der Waals surface area contributed by atoms with Gasteiger partial charge in [-0.2, -0.15) is 0 Å². The molecule has 2 heterocycles. The Labute approximate surface area is 144 Å². The van der Waals surface area contributed by atoms with Gasteiger partial charge in [-0.1, -0.05) is 54.9 Å². The van der Waals surface area contributed by atoms with E-state index >= 15 is 0 Å². The predicted molar refractivity (Wildman–Crippen MR) is 95.9 cm³/mol. The molecule has 0 radical (unpaired) electrons. The van der Waals surface area contributed by atoms with Crippen molar-refractivity contribution in [2.24, 2.45) is 0 Å². The lowest BCUT2D eigenvalue weighted by Crippen LogP contribution is -2.03. The second-order valence-electron chi connectivity index (χ2n) is 5.23. The molecule has 0 fully saturated rings. The van der Waals surface area contributed by atoms with E-state index in [0.717, 1.165) is 34.8 Å². The summed E-state index contributed by atoms with van der Waals surface area (Å²) in [5, 5.41) is 1.43. The van der Waals surface area contributed by atoms with Crippen LogP contribution in [0.4, 0.5) is 5.82 Å². The summed E-state index contributed by atoms with van der Waals surface area (Å²) >= 11 is 7.87. The molecule has 0 bridgehead atoms. The van der Waals surface area contributed by atoms with E-state index in [9.17, 15) is 0 Å². The molecule has 7 heteroatoms. The number of imidazole rings is 1. The molecule has 0 spiro atoms. The molecule has 0 saturated carbocycles. The van der Waals surface area contributed by atoms with Gasteiger partial charge in [0, 0.05) is 10.8 Å². The molecule has 0 aliphatic heterocycles. The first-order chi connectivity index (χ1) is 11.2. The maximum atomic E-state index is 6.24. The van der Waals surface area contributed by atoms with Gasteiger partial charge in [0.05, 0.1) is 12.9 Å². The number of unbranched alkanes of at least 4 members (excludes halogenated alkanes) is 1. The van der Waals surface area contributed by atoms with E-state index in [1.165, 1.54) is 0 Å². The van der Waals surface area contributed by atoms with Crippen molar-refractivity contribution in [3.05, 3.63) is 41.2 Å². The number of nitrogens with two attached hydrogens (primary N) is 1. The first-order valence-corrected chi connectivity index (χ1v) is 8.90. The van der Waals surface area contributed by atoms with Crippen LogP contribution in [-0.4, -0.2) is 25.3 Å². The number of nitrogen functional groups attached to an aromatic ring is 1. The average Bonchev–Trinajstić information content (AvgIpc) is 2.94. The molecule has 2 N–H and O–H groups in total. The van der Waals surface area contributed by atoms with Crippen molar-refractivity contribution in [2.45, 2.75) is 31.5 Å². The third kappa shape index (κ3) is 3.59. The van der Waals surface area contributed by atoms with Crippen molar-refractivity contribution in [1.29, 1.82) is 0 Å². The third-order valence-electron chi connectivity index (χ3n) is 3.50. The van der Waals surface area contributed by atoms with E-state index in [4.69, 9.17) is 17.3 Å². The van der Waals surface area contributed by atoms with Crippen molar-refractivity contribution < 1.29 is 0 Å². The van der Waals surface area contributed by atoms with Crippen LogP contribution in [0.15, 0.2) is 35.7 Å². The van der Waals surface area contributed by atoms with Crippen LogP contribution in [0.1, 0.15) is 25.3 Å². The van der Waals surface area contributed by atoms with Crippen LogP contribution in [0, 0.1) is 0 Å². The first kappa shape index (κ1) is 16.1. The smallest absolute Gasteiger partial charge is 0.191 e. The summed E-state index contributed by atoms with van der Waals surface area (Å²) < 4.78 is 1.96. The van der Waals surface area contributed by atoms with E-state index < -0.39 is 0 Å². The summed E-state index contributed by atoms with van der Waals surface area (Å²) in [6.07, 6.45) is 4.01. The molecule has 5 nitrogen and oxygen atoms in total. The van der Waals surface area contributed by atoms with Crippen molar-refractivity contribution in [2.75, 3.05) is 11.5 Å². The molecule has 0 aliphatic carbocycles. The van der Waals surface area contributed by atoms with Crippen molar-refractivity contribution in [1.82, 2.24) is 19.5 Å². The molecule has 1 aromatic carbocycles. The van der Waals surface area contributed by atoms with Gasteiger partial charge in [0.2, 0.25) is 0 Å². The minimum absolute atomic E-state index is 0.423. The van der Waals surface area contributed by atoms with Crippen LogP contribution < -0.4 is 5.73 Å². The molecule has 23 heavy (non-hydrogen) atoms. The maximum Gasteiger partial charge on any atom is 0.191 e. The lowest BCUT2D eigenvalue weighted by Gasteiger charge is -2.07. The third-order valence-corrected chi connectivity index (χ3v) is 4.80. The van der Waals surface area contributed by atoms with Crippen LogP contribution >= 0.6 is 23.4 Å². The topological polar surface area (TPSA) is 69.6 Å². The van der Waals surface area contributed by atoms with Gasteiger partial charge >= 0.3 is 0 Å². The molecule has 0 amide bonds. The molecular formula is C16H18ClN5S. The van der Waals surface area contributed by atoms with Gasteiger partial charge in [0.25, 0.3) is 0 Å². The fraction of sp³-hybridized carbons (Fsp3) is 0.312. The summed E-state index contributed by atoms with van der Waals surface area (Å²) in [5.74, 6) is 1.41. The Morgan fingerprint density at radius 2 is 2.09 bits per heavy atom. The van der Waals surface area contributed by atoms with Gasteiger partial charge in [-0.25, -0.2) is 15.0 Å². The number of fused-ring (bicyclic) bond motifs is 1. The molecule has 2 aromatic heterocycles. The molecule has 120 valence electrons. The second-order valence-corrected chi connectivity index (χ2v) is 6.70. The molecule has 0 unspecified atom stereocenters. The molecule has 0 atom stereocenters. The minimum Gasteiger partial charge on any atom is -0.382 e. The van der Waals surface area contributed by atoms with Crippen LogP contribution in [0.5, 0.6) is 0 Å². The number of benzene rings is 1. The monoisotopic (exact) mass is 347 g/mol. The number of rotatable bonds is 6. The number of hydrogen-bond donors (Lipinski definition) is 1. The highest BCUT2D eigenvalue weighted by molar-refractivity contribution is 7.99.